The molecule has 86 valence electrons. The van der Waals surface area contributed by atoms with E-state index >= 15 is 0 Å². The molecule has 5 nitrogen and oxygen atoms in total. The fourth-order valence-corrected chi connectivity index (χ4v) is 1.92. The van der Waals surface area contributed by atoms with Crippen molar-refractivity contribution in [2.75, 3.05) is 18.1 Å². The van der Waals surface area contributed by atoms with Gasteiger partial charge in [-0.15, -0.1) is 0 Å². The van der Waals surface area contributed by atoms with E-state index in [1.165, 1.54) is 0 Å². The lowest BCUT2D eigenvalue weighted by Crippen LogP contribution is -2.46. The van der Waals surface area contributed by atoms with Gasteiger partial charge in [0.2, 0.25) is 0 Å². The number of amides is 2. The highest BCUT2D eigenvalue weighted by molar-refractivity contribution is 9.10. The van der Waals surface area contributed by atoms with Gasteiger partial charge in [-0.3, -0.25) is 9.59 Å². The Morgan fingerprint density at radius 2 is 1.94 bits per heavy atom. The standard InChI is InChI=1S/C11H7BrN2O3/c12-8-1-2-9(7(3-8)4-13)14-10(15)5-17-6-11(14)16/h1-3H,5-6H2. The maximum absolute atomic E-state index is 11.6. The van der Waals surface area contributed by atoms with Gasteiger partial charge >= 0.3 is 0 Å². The summed E-state index contributed by atoms with van der Waals surface area (Å²) in [5, 5.41) is 8.99. The number of nitriles is 1. The van der Waals surface area contributed by atoms with Crippen molar-refractivity contribution >= 4 is 33.4 Å². The van der Waals surface area contributed by atoms with E-state index in [1.807, 2.05) is 6.07 Å². The van der Waals surface area contributed by atoms with Gasteiger partial charge < -0.3 is 4.74 Å². The quantitative estimate of drug-likeness (QED) is 0.730. The maximum Gasteiger partial charge on any atom is 0.259 e. The Balaban J connectivity index is 2.49. The molecule has 1 aromatic carbocycles. The molecule has 6 heteroatoms. The summed E-state index contributed by atoms with van der Waals surface area (Å²) in [5.41, 5.74) is 0.567. The molecule has 0 aromatic heterocycles. The predicted molar refractivity (Wildman–Crippen MR) is 62.2 cm³/mol. The van der Waals surface area contributed by atoms with Gasteiger partial charge in [-0.25, -0.2) is 4.90 Å². The van der Waals surface area contributed by atoms with Crippen LogP contribution >= 0.6 is 15.9 Å². The number of hydrogen-bond acceptors (Lipinski definition) is 4. The molecular formula is C11H7BrN2O3. The van der Waals surface area contributed by atoms with Crippen molar-refractivity contribution < 1.29 is 14.3 Å². The first-order chi connectivity index (χ1) is 8.13. The van der Waals surface area contributed by atoms with Crippen LogP contribution in [0.15, 0.2) is 22.7 Å². The first-order valence-corrected chi connectivity index (χ1v) is 5.56. The van der Waals surface area contributed by atoms with Crippen LogP contribution in [0.2, 0.25) is 0 Å². The Morgan fingerprint density at radius 1 is 1.29 bits per heavy atom. The summed E-state index contributed by atoms with van der Waals surface area (Å²) in [7, 11) is 0. The van der Waals surface area contributed by atoms with Crippen LogP contribution in [0.5, 0.6) is 0 Å². The third-order valence-corrected chi connectivity index (χ3v) is 2.76. The number of carbonyl (C=O) groups is 2. The number of morpholine rings is 1. The lowest BCUT2D eigenvalue weighted by Gasteiger charge is -2.25. The van der Waals surface area contributed by atoms with E-state index in [2.05, 4.69) is 15.9 Å². The minimum atomic E-state index is -0.458. The smallest absolute Gasteiger partial charge is 0.259 e. The van der Waals surface area contributed by atoms with Crippen LogP contribution in [0.25, 0.3) is 0 Å². The number of rotatable bonds is 1. The number of anilines is 1. The molecule has 0 saturated carbocycles. The van der Waals surface area contributed by atoms with Crippen molar-refractivity contribution in [2.24, 2.45) is 0 Å². The van der Waals surface area contributed by atoms with Crippen LogP contribution < -0.4 is 4.90 Å². The monoisotopic (exact) mass is 294 g/mol. The third kappa shape index (κ3) is 2.20. The molecule has 0 bridgehead atoms. The molecule has 2 amide bonds. The highest BCUT2D eigenvalue weighted by Crippen LogP contribution is 2.25. The molecule has 2 rings (SSSR count). The lowest BCUT2D eigenvalue weighted by molar-refractivity contribution is -0.138. The van der Waals surface area contributed by atoms with Crippen molar-refractivity contribution in [3.05, 3.63) is 28.2 Å². The number of imide groups is 1. The summed E-state index contributed by atoms with van der Waals surface area (Å²) in [6.45, 7) is -0.292. The molecule has 0 spiro atoms. The molecule has 0 unspecified atom stereocenters. The van der Waals surface area contributed by atoms with Gasteiger partial charge in [0.05, 0.1) is 11.3 Å². The molecule has 0 atom stereocenters. The highest BCUT2D eigenvalue weighted by atomic mass is 79.9. The van der Waals surface area contributed by atoms with Gasteiger partial charge in [-0.05, 0) is 18.2 Å². The summed E-state index contributed by atoms with van der Waals surface area (Å²) >= 11 is 3.23. The zero-order valence-electron chi connectivity index (χ0n) is 8.64. The minimum absolute atomic E-state index is 0.146. The number of carbonyl (C=O) groups excluding carboxylic acids is 2. The van der Waals surface area contributed by atoms with Crippen LogP contribution in [-0.4, -0.2) is 25.0 Å². The van der Waals surface area contributed by atoms with E-state index in [4.69, 9.17) is 10.00 Å². The fraction of sp³-hybridized carbons (Fsp3) is 0.182. The highest BCUT2D eigenvalue weighted by Gasteiger charge is 2.29. The Kier molecular flexibility index (Phi) is 3.22. The van der Waals surface area contributed by atoms with Gasteiger partial charge in [-0.2, -0.15) is 5.26 Å². The molecule has 0 aliphatic carbocycles. The molecule has 1 heterocycles. The first-order valence-electron chi connectivity index (χ1n) is 4.76. The van der Waals surface area contributed by atoms with Crippen molar-refractivity contribution in [1.82, 2.24) is 0 Å². The van der Waals surface area contributed by atoms with Crippen molar-refractivity contribution in [2.45, 2.75) is 0 Å². The largest absolute Gasteiger partial charge is 0.362 e. The van der Waals surface area contributed by atoms with E-state index in [0.717, 1.165) is 4.90 Å². The average molecular weight is 295 g/mol. The number of hydrogen-bond donors (Lipinski definition) is 0. The summed E-state index contributed by atoms with van der Waals surface area (Å²) < 4.78 is 5.52. The second kappa shape index (κ2) is 4.65. The number of nitrogens with zero attached hydrogens (tertiary/aromatic N) is 2. The summed E-state index contributed by atoms with van der Waals surface area (Å²) in [5.74, 6) is -0.917. The third-order valence-electron chi connectivity index (χ3n) is 2.27. The molecular weight excluding hydrogens is 288 g/mol. The second-order valence-electron chi connectivity index (χ2n) is 3.39. The predicted octanol–water partition coefficient (Wildman–Crippen LogP) is 1.21. The molecule has 1 fully saturated rings. The van der Waals surface area contributed by atoms with Crippen LogP contribution in [0.4, 0.5) is 5.69 Å². The van der Waals surface area contributed by atoms with Crippen LogP contribution in [-0.2, 0) is 14.3 Å². The Bertz CT molecular complexity index is 520. The SMILES string of the molecule is N#Cc1cc(Br)ccc1N1C(=O)COCC1=O. The molecule has 17 heavy (non-hydrogen) atoms. The second-order valence-corrected chi connectivity index (χ2v) is 4.30. The summed E-state index contributed by atoms with van der Waals surface area (Å²) in [6.07, 6.45) is 0. The van der Waals surface area contributed by atoms with Gasteiger partial charge in [-0.1, -0.05) is 15.9 Å². The fourth-order valence-electron chi connectivity index (χ4n) is 1.56. The van der Waals surface area contributed by atoms with E-state index in [1.54, 1.807) is 18.2 Å². The van der Waals surface area contributed by atoms with Gasteiger partial charge in [0.15, 0.2) is 0 Å². The van der Waals surface area contributed by atoms with E-state index < -0.39 is 11.8 Å². The summed E-state index contributed by atoms with van der Waals surface area (Å²) in [4.78, 5) is 24.2. The van der Waals surface area contributed by atoms with Crippen molar-refractivity contribution in [3.63, 3.8) is 0 Å². The van der Waals surface area contributed by atoms with E-state index in [0.29, 0.717) is 10.2 Å². The normalized spacial score (nSPS) is 15.9. The number of benzene rings is 1. The van der Waals surface area contributed by atoms with Gasteiger partial charge in [0.1, 0.15) is 19.3 Å². The van der Waals surface area contributed by atoms with Crippen LogP contribution in [0.3, 0.4) is 0 Å². The number of ether oxygens (including phenoxy) is 1. The van der Waals surface area contributed by atoms with E-state index in [9.17, 15) is 9.59 Å². The molecule has 1 aliphatic rings. The zero-order valence-corrected chi connectivity index (χ0v) is 10.2. The zero-order chi connectivity index (χ0) is 12.4. The Labute approximate surface area is 106 Å². The molecule has 0 radical (unpaired) electrons. The minimum Gasteiger partial charge on any atom is -0.362 e. The lowest BCUT2D eigenvalue weighted by atomic mass is 10.1. The molecule has 1 saturated heterocycles. The van der Waals surface area contributed by atoms with Crippen LogP contribution in [0, 0.1) is 11.3 Å². The average Bonchev–Trinajstić information content (AvgIpc) is 2.30. The Hall–Kier alpha value is -1.71. The van der Waals surface area contributed by atoms with Crippen LogP contribution in [0.1, 0.15) is 5.56 Å². The summed E-state index contributed by atoms with van der Waals surface area (Å²) in [6, 6.07) is 6.75. The molecule has 1 aliphatic heterocycles. The topological polar surface area (TPSA) is 70.4 Å². The van der Waals surface area contributed by atoms with Crippen molar-refractivity contribution in [1.29, 1.82) is 5.26 Å². The molecule has 0 N–H and O–H groups in total. The first kappa shape index (κ1) is 11.8. The Morgan fingerprint density at radius 3 is 2.53 bits per heavy atom. The van der Waals surface area contributed by atoms with Gasteiger partial charge in [0.25, 0.3) is 11.8 Å². The van der Waals surface area contributed by atoms with Gasteiger partial charge in [0, 0.05) is 4.47 Å². The maximum atomic E-state index is 11.6. The molecule has 1 aromatic rings. The van der Waals surface area contributed by atoms with Crippen molar-refractivity contribution in [3.8, 4) is 6.07 Å². The van der Waals surface area contributed by atoms with E-state index in [-0.39, 0.29) is 18.8 Å². The number of halogens is 1.